The minimum Gasteiger partial charge on any atom is -0.383 e. The van der Waals surface area contributed by atoms with Gasteiger partial charge in [0, 0.05) is 6.54 Å². The zero-order chi connectivity index (χ0) is 17.3. The van der Waals surface area contributed by atoms with E-state index in [0.29, 0.717) is 12.0 Å². The number of nitrogens with one attached hydrogen (secondary N) is 1. The van der Waals surface area contributed by atoms with E-state index in [1.54, 1.807) is 31.1 Å². The van der Waals surface area contributed by atoms with Gasteiger partial charge in [-0.25, -0.2) is 4.39 Å². The van der Waals surface area contributed by atoms with Crippen molar-refractivity contribution in [3.05, 3.63) is 35.6 Å². The summed E-state index contributed by atoms with van der Waals surface area (Å²) in [6.07, 6.45) is 0.320. The van der Waals surface area contributed by atoms with Crippen LogP contribution < -0.4 is 5.32 Å². The molecule has 128 valence electrons. The van der Waals surface area contributed by atoms with Crippen LogP contribution in [-0.4, -0.2) is 48.1 Å². The SMILES string of the molecule is CN(C)C(CNC(=O)C(F)(F)C1(O)CCC1)c1ccc(F)cc1. The third kappa shape index (κ3) is 3.50. The summed E-state index contributed by atoms with van der Waals surface area (Å²) in [5.74, 6) is -5.69. The number of likely N-dealkylation sites (N-methyl/N-ethyl adjacent to an activating group) is 1. The molecule has 1 aromatic rings. The molecule has 2 rings (SSSR count). The largest absolute Gasteiger partial charge is 0.383 e. The lowest BCUT2D eigenvalue weighted by Gasteiger charge is -2.41. The maximum absolute atomic E-state index is 14.0. The molecule has 0 saturated heterocycles. The van der Waals surface area contributed by atoms with Gasteiger partial charge in [-0.2, -0.15) is 8.78 Å². The van der Waals surface area contributed by atoms with Crippen molar-refractivity contribution < 1.29 is 23.1 Å². The van der Waals surface area contributed by atoms with Gasteiger partial charge in [0.15, 0.2) is 0 Å². The smallest absolute Gasteiger partial charge is 0.352 e. The quantitative estimate of drug-likeness (QED) is 0.840. The molecule has 0 heterocycles. The molecule has 23 heavy (non-hydrogen) atoms. The van der Waals surface area contributed by atoms with Gasteiger partial charge in [-0.3, -0.25) is 4.79 Å². The van der Waals surface area contributed by atoms with Gasteiger partial charge in [0.25, 0.3) is 5.91 Å². The molecular formula is C16H21F3N2O2. The molecule has 1 atom stereocenters. The first-order valence-corrected chi connectivity index (χ1v) is 7.48. The Bertz CT molecular complexity index is 557. The number of rotatable bonds is 6. The second kappa shape index (κ2) is 6.49. The number of hydrogen-bond acceptors (Lipinski definition) is 3. The predicted molar refractivity (Wildman–Crippen MR) is 79.6 cm³/mol. The van der Waals surface area contributed by atoms with Crippen LogP contribution in [0.4, 0.5) is 13.2 Å². The average Bonchev–Trinajstić information content (AvgIpc) is 2.46. The summed E-state index contributed by atoms with van der Waals surface area (Å²) >= 11 is 0. The molecular weight excluding hydrogens is 309 g/mol. The van der Waals surface area contributed by atoms with E-state index in [1.807, 2.05) is 0 Å². The molecule has 1 amide bonds. The van der Waals surface area contributed by atoms with Crippen LogP contribution in [-0.2, 0) is 4.79 Å². The fourth-order valence-corrected chi connectivity index (χ4v) is 2.62. The second-order valence-electron chi connectivity index (χ2n) is 6.20. The van der Waals surface area contributed by atoms with Gasteiger partial charge in [0.2, 0.25) is 0 Å². The Kier molecular flexibility index (Phi) is 5.01. The zero-order valence-electron chi connectivity index (χ0n) is 13.2. The van der Waals surface area contributed by atoms with E-state index < -0.39 is 23.2 Å². The maximum Gasteiger partial charge on any atom is 0.352 e. The normalized spacial score (nSPS) is 18.4. The number of carbonyl (C=O) groups excluding carboxylic acids is 1. The van der Waals surface area contributed by atoms with Crippen LogP contribution in [0.5, 0.6) is 0 Å². The Labute approximate surface area is 133 Å². The van der Waals surface area contributed by atoms with E-state index in [-0.39, 0.29) is 25.4 Å². The van der Waals surface area contributed by atoms with Crippen LogP contribution in [0.25, 0.3) is 0 Å². The van der Waals surface area contributed by atoms with E-state index in [4.69, 9.17) is 0 Å². The lowest BCUT2D eigenvalue weighted by molar-refractivity contribution is -0.216. The average molecular weight is 330 g/mol. The number of halogens is 3. The molecule has 1 aliphatic rings. The van der Waals surface area contributed by atoms with E-state index in [0.717, 1.165) is 0 Å². The molecule has 0 radical (unpaired) electrons. The zero-order valence-corrected chi connectivity index (χ0v) is 13.2. The fourth-order valence-electron chi connectivity index (χ4n) is 2.62. The summed E-state index contributed by atoms with van der Waals surface area (Å²) in [4.78, 5) is 13.6. The molecule has 1 saturated carbocycles. The van der Waals surface area contributed by atoms with Crippen molar-refractivity contribution in [3.8, 4) is 0 Å². The predicted octanol–water partition coefficient (Wildman–Crippen LogP) is 2.09. The molecule has 7 heteroatoms. The van der Waals surface area contributed by atoms with Gasteiger partial charge in [0.05, 0.1) is 6.04 Å². The highest BCUT2D eigenvalue weighted by Gasteiger charge is 2.61. The van der Waals surface area contributed by atoms with E-state index in [2.05, 4.69) is 5.32 Å². The minimum absolute atomic E-state index is 0.0663. The Morgan fingerprint density at radius 3 is 2.35 bits per heavy atom. The highest BCUT2D eigenvalue weighted by atomic mass is 19.3. The van der Waals surface area contributed by atoms with Crippen molar-refractivity contribution in [1.82, 2.24) is 10.2 Å². The van der Waals surface area contributed by atoms with Crippen LogP contribution in [0.3, 0.4) is 0 Å². The van der Waals surface area contributed by atoms with Gasteiger partial charge < -0.3 is 15.3 Å². The number of alkyl halides is 2. The Morgan fingerprint density at radius 1 is 1.35 bits per heavy atom. The van der Waals surface area contributed by atoms with Crippen LogP contribution in [0.15, 0.2) is 24.3 Å². The minimum atomic E-state index is -3.81. The monoisotopic (exact) mass is 330 g/mol. The van der Waals surface area contributed by atoms with Gasteiger partial charge in [0.1, 0.15) is 11.4 Å². The molecule has 1 aromatic carbocycles. The van der Waals surface area contributed by atoms with Crippen molar-refractivity contribution in [1.29, 1.82) is 0 Å². The Hall–Kier alpha value is -1.60. The van der Waals surface area contributed by atoms with Crippen molar-refractivity contribution in [2.75, 3.05) is 20.6 Å². The van der Waals surface area contributed by atoms with Crippen molar-refractivity contribution in [2.45, 2.75) is 36.8 Å². The number of aliphatic hydroxyl groups is 1. The van der Waals surface area contributed by atoms with Crippen LogP contribution in [0.2, 0.25) is 0 Å². The van der Waals surface area contributed by atoms with Crippen LogP contribution in [0.1, 0.15) is 30.9 Å². The molecule has 0 bridgehead atoms. The van der Waals surface area contributed by atoms with Crippen LogP contribution in [0, 0.1) is 5.82 Å². The first-order chi connectivity index (χ1) is 10.7. The van der Waals surface area contributed by atoms with E-state index in [9.17, 15) is 23.1 Å². The molecule has 1 unspecified atom stereocenters. The summed E-state index contributed by atoms with van der Waals surface area (Å²) < 4.78 is 41.0. The third-order valence-corrected chi connectivity index (χ3v) is 4.38. The molecule has 0 aliphatic heterocycles. The van der Waals surface area contributed by atoms with Gasteiger partial charge >= 0.3 is 5.92 Å². The Balaban J connectivity index is 2.04. The lowest BCUT2D eigenvalue weighted by Crippen LogP contribution is -2.61. The lowest BCUT2D eigenvalue weighted by atomic mass is 9.75. The van der Waals surface area contributed by atoms with Crippen molar-refractivity contribution >= 4 is 5.91 Å². The van der Waals surface area contributed by atoms with Crippen molar-refractivity contribution in [2.24, 2.45) is 0 Å². The maximum atomic E-state index is 14.0. The topological polar surface area (TPSA) is 52.6 Å². The number of nitrogens with zero attached hydrogens (tertiary/aromatic N) is 1. The number of amides is 1. The summed E-state index contributed by atoms with van der Waals surface area (Å²) in [6.45, 7) is -0.0663. The third-order valence-electron chi connectivity index (χ3n) is 4.38. The van der Waals surface area contributed by atoms with E-state index >= 15 is 0 Å². The van der Waals surface area contributed by atoms with Crippen LogP contribution >= 0.6 is 0 Å². The van der Waals surface area contributed by atoms with Crippen molar-refractivity contribution in [3.63, 3.8) is 0 Å². The molecule has 1 fully saturated rings. The second-order valence-corrected chi connectivity index (χ2v) is 6.20. The van der Waals surface area contributed by atoms with Gasteiger partial charge in [-0.05, 0) is 51.1 Å². The number of benzene rings is 1. The summed E-state index contributed by atoms with van der Waals surface area (Å²) in [5.41, 5.74) is -1.54. The van der Waals surface area contributed by atoms with Gasteiger partial charge in [-0.1, -0.05) is 12.1 Å². The highest BCUT2D eigenvalue weighted by molar-refractivity contribution is 5.85. The first-order valence-electron chi connectivity index (χ1n) is 7.48. The summed E-state index contributed by atoms with van der Waals surface area (Å²) in [7, 11) is 3.47. The van der Waals surface area contributed by atoms with E-state index in [1.165, 1.54) is 12.1 Å². The number of hydrogen-bond donors (Lipinski definition) is 2. The molecule has 1 aliphatic carbocycles. The first kappa shape index (κ1) is 17.7. The standard InChI is InChI=1S/C16H21F3N2O2/c1-21(2)13(11-4-6-12(17)7-5-11)10-20-14(22)16(18,19)15(23)8-3-9-15/h4-7,13,23H,3,8-10H2,1-2H3,(H,20,22). The molecule has 2 N–H and O–H groups in total. The molecule has 0 aromatic heterocycles. The summed E-state index contributed by atoms with van der Waals surface area (Å²) in [5, 5.41) is 12.0. The van der Waals surface area contributed by atoms with Gasteiger partial charge in [-0.15, -0.1) is 0 Å². The molecule has 4 nitrogen and oxygen atoms in total. The highest BCUT2D eigenvalue weighted by Crippen LogP contribution is 2.44. The number of carbonyl (C=O) groups is 1. The fraction of sp³-hybridized carbons (Fsp3) is 0.562. The molecule has 0 spiro atoms. The summed E-state index contributed by atoms with van der Waals surface area (Å²) in [6, 6.07) is 5.26. The Morgan fingerprint density at radius 2 is 1.91 bits per heavy atom.